The van der Waals surface area contributed by atoms with Crippen molar-refractivity contribution in [1.29, 1.82) is 0 Å². The highest BCUT2D eigenvalue weighted by atomic mass is 16.5. The maximum absolute atomic E-state index is 11.3. The molecule has 0 spiro atoms. The molecule has 1 atom stereocenters. The minimum Gasteiger partial charge on any atom is -0.493 e. The van der Waals surface area contributed by atoms with E-state index in [1.165, 1.54) is 14.0 Å². The maximum atomic E-state index is 11.3. The molecule has 7 heteroatoms. The molecule has 0 unspecified atom stereocenters. The SMILES string of the molecule is COc1cc(C(C)=O)ccc1OC[C@@H](O)CNCCOCCO. The molecule has 0 amide bonds. The van der Waals surface area contributed by atoms with E-state index < -0.39 is 6.10 Å². The van der Waals surface area contributed by atoms with Gasteiger partial charge in [-0.2, -0.15) is 0 Å². The zero-order valence-corrected chi connectivity index (χ0v) is 13.6. The minimum atomic E-state index is -0.690. The van der Waals surface area contributed by atoms with Crippen molar-refractivity contribution in [2.24, 2.45) is 0 Å². The first-order chi connectivity index (χ1) is 11.1. The Kier molecular flexibility index (Phi) is 9.23. The third-order valence-electron chi connectivity index (χ3n) is 3.04. The Balaban J connectivity index is 2.35. The van der Waals surface area contributed by atoms with E-state index in [0.717, 1.165) is 0 Å². The van der Waals surface area contributed by atoms with E-state index in [9.17, 15) is 9.90 Å². The molecule has 1 aromatic carbocycles. The first kappa shape index (κ1) is 19.4. The highest BCUT2D eigenvalue weighted by molar-refractivity contribution is 5.94. The fourth-order valence-electron chi connectivity index (χ4n) is 1.83. The summed E-state index contributed by atoms with van der Waals surface area (Å²) in [5.41, 5.74) is 0.541. The second kappa shape index (κ2) is 11.0. The molecular weight excluding hydrogens is 302 g/mol. The lowest BCUT2D eigenvalue weighted by Gasteiger charge is -2.15. The van der Waals surface area contributed by atoms with Gasteiger partial charge in [0.2, 0.25) is 0 Å². The van der Waals surface area contributed by atoms with Crippen LogP contribution in [-0.2, 0) is 4.74 Å². The number of ether oxygens (including phenoxy) is 3. The van der Waals surface area contributed by atoms with Crippen LogP contribution in [0.2, 0.25) is 0 Å². The Bertz CT molecular complexity index is 480. The molecule has 7 nitrogen and oxygen atoms in total. The van der Waals surface area contributed by atoms with E-state index in [2.05, 4.69) is 5.32 Å². The third-order valence-corrected chi connectivity index (χ3v) is 3.04. The third kappa shape index (κ3) is 7.43. The second-order valence-corrected chi connectivity index (χ2v) is 4.93. The summed E-state index contributed by atoms with van der Waals surface area (Å²) in [6.07, 6.45) is -0.690. The van der Waals surface area contributed by atoms with Crippen LogP contribution in [-0.4, -0.2) is 68.7 Å². The molecule has 0 aliphatic carbocycles. The normalized spacial score (nSPS) is 12.0. The van der Waals surface area contributed by atoms with Crippen molar-refractivity contribution < 1.29 is 29.2 Å². The number of carbonyl (C=O) groups excluding carboxylic acids is 1. The van der Waals surface area contributed by atoms with Gasteiger partial charge in [0.1, 0.15) is 12.7 Å². The number of hydrogen-bond donors (Lipinski definition) is 3. The molecule has 0 aromatic heterocycles. The molecule has 1 aromatic rings. The van der Waals surface area contributed by atoms with E-state index in [4.69, 9.17) is 19.3 Å². The van der Waals surface area contributed by atoms with Crippen molar-refractivity contribution in [3.8, 4) is 11.5 Å². The van der Waals surface area contributed by atoms with Crippen LogP contribution < -0.4 is 14.8 Å². The molecular formula is C16H25NO6. The van der Waals surface area contributed by atoms with Gasteiger partial charge in [0.05, 0.1) is 26.9 Å². The molecule has 0 saturated heterocycles. The molecule has 0 heterocycles. The van der Waals surface area contributed by atoms with E-state index in [-0.39, 0.29) is 19.0 Å². The van der Waals surface area contributed by atoms with E-state index in [0.29, 0.717) is 43.4 Å². The number of nitrogens with one attached hydrogen (secondary N) is 1. The molecule has 0 fully saturated rings. The van der Waals surface area contributed by atoms with Crippen molar-refractivity contribution in [3.63, 3.8) is 0 Å². The topological polar surface area (TPSA) is 97.3 Å². The van der Waals surface area contributed by atoms with Gasteiger partial charge in [-0.15, -0.1) is 0 Å². The summed E-state index contributed by atoms with van der Waals surface area (Å²) in [5, 5.41) is 21.4. The number of ketones is 1. The maximum Gasteiger partial charge on any atom is 0.161 e. The fourth-order valence-corrected chi connectivity index (χ4v) is 1.83. The van der Waals surface area contributed by atoms with Crippen LogP contribution in [0.25, 0.3) is 0 Å². The van der Waals surface area contributed by atoms with E-state index in [1.54, 1.807) is 18.2 Å². The van der Waals surface area contributed by atoms with E-state index in [1.807, 2.05) is 0 Å². The summed E-state index contributed by atoms with van der Waals surface area (Å²) in [7, 11) is 1.50. The van der Waals surface area contributed by atoms with E-state index >= 15 is 0 Å². The standard InChI is InChI=1S/C16H25NO6/c1-12(19)13-3-4-15(16(9-13)21-2)23-11-14(20)10-17-5-7-22-8-6-18/h3-4,9,14,17-18,20H,5-8,10-11H2,1-2H3/t14-/m0/s1. The zero-order chi connectivity index (χ0) is 17.1. The summed E-state index contributed by atoms with van der Waals surface area (Å²) in [6.45, 7) is 3.29. The monoisotopic (exact) mass is 327 g/mol. The molecule has 0 bridgehead atoms. The van der Waals surface area contributed by atoms with Crippen LogP contribution in [0, 0.1) is 0 Å². The Labute approximate surface area is 136 Å². The highest BCUT2D eigenvalue weighted by Crippen LogP contribution is 2.28. The summed E-state index contributed by atoms with van der Waals surface area (Å²) in [5.74, 6) is 0.876. The summed E-state index contributed by atoms with van der Waals surface area (Å²) in [4.78, 5) is 11.3. The molecule has 130 valence electrons. The number of benzene rings is 1. The molecule has 0 aliphatic rings. The Morgan fingerprint density at radius 1 is 1.30 bits per heavy atom. The predicted octanol–water partition coefficient (Wildman–Crippen LogP) is 0.236. The summed E-state index contributed by atoms with van der Waals surface area (Å²) < 4.78 is 15.8. The smallest absolute Gasteiger partial charge is 0.161 e. The molecule has 0 radical (unpaired) electrons. The van der Waals surface area contributed by atoms with Crippen molar-refractivity contribution in [2.45, 2.75) is 13.0 Å². The van der Waals surface area contributed by atoms with Crippen molar-refractivity contribution in [3.05, 3.63) is 23.8 Å². The summed E-state index contributed by atoms with van der Waals surface area (Å²) in [6, 6.07) is 4.92. The lowest BCUT2D eigenvalue weighted by molar-refractivity contribution is 0.0837. The van der Waals surface area contributed by atoms with Gasteiger partial charge in [0, 0.05) is 18.7 Å². The van der Waals surface area contributed by atoms with Gasteiger partial charge in [0.25, 0.3) is 0 Å². The Morgan fingerprint density at radius 2 is 2.09 bits per heavy atom. The van der Waals surface area contributed by atoms with Crippen molar-refractivity contribution in [1.82, 2.24) is 5.32 Å². The molecule has 23 heavy (non-hydrogen) atoms. The number of hydrogen-bond acceptors (Lipinski definition) is 7. The van der Waals surface area contributed by atoms with Crippen LogP contribution in [0.4, 0.5) is 0 Å². The number of rotatable bonds is 12. The number of Topliss-reactive ketones (excluding diaryl/α,β-unsaturated/α-hetero) is 1. The lowest BCUT2D eigenvalue weighted by atomic mass is 10.1. The van der Waals surface area contributed by atoms with Gasteiger partial charge >= 0.3 is 0 Å². The van der Waals surface area contributed by atoms with Crippen LogP contribution >= 0.6 is 0 Å². The van der Waals surface area contributed by atoms with Gasteiger partial charge in [0.15, 0.2) is 17.3 Å². The molecule has 3 N–H and O–H groups in total. The zero-order valence-electron chi connectivity index (χ0n) is 13.6. The lowest BCUT2D eigenvalue weighted by Crippen LogP contribution is -2.33. The number of methoxy groups -OCH3 is 1. The van der Waals surface area contributed by atoms with Crippen molar-refractivity contribution in [2.75, 3.05) is 46.6 Å². The van der Waals surface area contributed by atoms with Gasteiger partial charge in [-0.25, -0.2) is 0 Å². The summed E-state index contributed by atoms with van der Waals surface area (Å²) >= 11 is 0. The fraction of sp³-hybridized carbons (Fsp3) is 0.562. The van der Waals surface area contributed by atoms with Gasteiger partial charge in [-0.05, 0) is 25.1 Å². The first-order valence-corrected chi connectivity index (χ1v) is 7.47. The molecule has 0 saturated carbocycles. The predicted molar refractivity (Wildman–Crippen MR) is 85.3 cm³/mol. The number of aliphatic hydroxyl groups excluding tert-OH is 2. The Morgan fingerprint density at radius 3 is 2.74 bits per heavy atom. The average molecular weight is 327 g/mol. The van der Waals surface area contributed by atoms with Crippen LogP contribution in [0.15, 0.2) is 18.2 Å². The quantitative estimate of drug-likeness (QED) is 0.374. The van der Waals surface area contributed by atoms with Gasteiger partial charge in [-0.3, -0.25) is 4.79 Å². The molecule has 0 aliphatic heterocycles. The highest BCUT2D eigenvalue weighted by Gasteiger charge is 2.11. The molecule has 1 rings (SSSR count). The Hall–Kier alpha value is -1.67. The van der Waals surface area contributed by atoms with Crippen LogP contribution in [0.1, 0.15) is 17.3 Å². The van der Waals surface area contributed by atoms with Crippen LogP contribution in [0.5, 0.6) is 11.5 Å². The van der Waals surface area contributed by atoms with Gasteiger partial charge in [-0.1, -0.05) is 0 Å². The van der Waals surface area contributed by atoms with Crippen LogP contribution in [0.3, 0.4) is 0 Å². The number of aliphatic hydroxyl groups is 2. The first-order valence-electron chi connectivity index (χ1n) is 7.47. The van der Waals surface area contributed by atoms with Gasteiger partial charge < -0.3 is 29.7 Å². The van der Waals surface area contributed by atoms with Crippen molar-refractivity contribution >= 4 is 5.78 Å². The second-order valence-electron chi connectivity index (χ2n) is 4.93. The average Bonchev–Trinajstić information content (AvgIpc) is 2.55. The number of carbonyl (C=O) groups is 1. The minimum absolute atomic E-state index is 0.000710. The largest absolute Gasteiger partial charge is 0.493 e.